The summed E-state index contributed by atoms with van der Waals surface area (Å²) < 4.78 is 3.22. The van der Waals surface area contributed by atoms with Crippen molar-refractivity contribution in [2.45, 2.75) is 33.6 Å². The summed E-state index contributed by atoms with van der Waals surface area (Å²) >= 11 is 0. The standard InChI is InChI=1S/C19H20N6O/c1-11(2)17-13(4)23-18-15(9-22-25(18)19(17)26)14-8-21-24(10-14)16-7-12(3)5-6-20-16/h5-11,22H,1-4H3. The molecule has 4 aromatic heterocycles. The summed E-state index contributed by atoms with van der Waals surface area (Å²) in [5.41, 5.74) is 4.86. The number of pyridine rings is 1. The highest BCUT2D eigenvalue weighted by Crippen LogP contribution is 2.24. The predicted molar refractivity (Wildman–Crippen MR) is 99.7 cm³/mol. The molecule has 0 bridgehead atoms. The molecule has 26 heavy (non-hydrogen) atoms. The molecule has 1 N–H and O–H groups in total. The molecule has 7 heteroatoms. The number of fused-ring (bicyclic) bond motifs is 1. The van der Waals surface area contributed by atoms with E-state index in [1.54, 1.807) is 23.3 Å². The maximum absolute atomic E-state index is 12.8. The number of hydrogen-bond donors (Lipinski definition) is 1. The molecule has 0 fully saturated rings. The van der Waals surface area contributed by atoms with Gasteiger partial charge in [0, 0.05) is 41.0 Å². The van der Waals surface area contributed by atoms with Crippen molar-refractivity contribution in [2.75, 3.05) is 0 Å². The SMILES string of the molecule is Cc1ccnc(-n2cc(-c3c[nH]n4c(=O)c(C(C)C)c(C)nc34)cn2)c1. The minimum Gasteiger partial charge on any atom is -0.296 e. The normalized spacial score (nSPS) is 11.6. The van der Waals surface area contributed by atoms with Crippen LogP contribution in [-0.4, -0.2) is 29.4 Å². The van der Waals surface area contributed by atoms with E-state index in [1.807, 2.05) is 46.0 Å². The predicted octanol–water partition coefficient (Wildman–Crippen LogP) is 3.01. The largest absolute Gasteiger partial charge is 0.296 e. The van der Waals surface area contributed by atoms with Crippen LogP contribution in [-0.2, 0) is 0 Å². The van der Waals surface area contributed by atoms with Crippen molar-refractivity contribution in [3.8, 4) is 16.9 Å². The van der Waals surface area contributed by atoms with Crippen molar-refractivity contribution >= 4 is 5.65 Å². The minimum atomic E-state index is -0.0542. The number of aromatic amines is 1. The third-order valence-electron chi connectivity index (χ3n) is 4.49. The van der Waals surface area contributed by atoms with E-state index < -0.39 is 0 Å². The van der Waals surface area contributed by atoms with Crippen LogP contribution in [0.4, 0.5) is 0 Å². The first-order valence-corrected chi connectivity index (χ1v) is 8.54. The van der Waals surface area contributed by atoms with E-state index in [1.165, 1.54) is 4.52 Å². The summed E-state index contributed by atoms with van der Waals surface area (Å²) in [6.07, 6.45) is 7.20. The van der Waals surface area contributed by atoms with Crippen molar-refractivity contribution < 1.29 is 0 Å². The highest BCUT2D eigenvalue weighted by Gasteiger charge is 2.17. The van der Waals surface area contributed by atoms with Crippen LogP contribution in [0.2, 0.25) is 0 Å². The first-order valence-electron chi connectivity index (χ1n) is 8.54. The number of rotatable bonds is 3. The Morgan fingerprint density at radius 3 is 2.77 bits per heavy atom. The fourth-order valence-electron chi connectivity index (χ4n) is 3.24. The van der Waals surface area contributed by atoms with Gasteiger partial charge in [0.2, 0.25) is 0 Å². The van der Waals surface area contributed by atoms with Crippen molar-refractivity contribution in [3.05, 3.63) is 64.1 Å². The molecule has 0 spiro atoms. The Bertz CT molecular complexity index is 1160. The van der Waals surface area contributed by atoms with Gasteiger partial charge in [0.05, 0.1) is 6.20 Å². The van der Waals surface area contributed by atoms with Gasteiger partial charge in [-0.2, -0.15) is 5.10 Å². The number of aromatic nitrogens is 6. The lowest BCUT2D eigenvalue weighted by molar-refractivity contribution is 0.780. The lowest BCUT2D eigenvalue weighted by atomic mass is 10.0. The van der Waals surface area contributed by atoms with Gasteiger partial charge >= 0.3 is 0 Å². The van der Waals surface area contributed by atoms with E-state index >= 15 is 0 Å². The maximum Gasteiger partial charge on any atom is 0.276 e. The Balaban J connectivity index is 1.85. The molecule has 0 atom stereocenters. The first kappa shape index (κ1) is 16.3. The Kier molecular flexibility index (Phi) is 3.72. The van der Waals surface area contributed by atoms with Gasteiger partial charge in [-0.25, -0.2) is 19.2 Å². The molecule has 0 saturated carbocycles. The second-order valence-corrected chi connectivity index (χ2v) is 6.78. The third kappa shape index (κ3) is 2.52. The van der Waals surface area contributed by atoms with Crippen molar-refractivity contribution in [2.24, 2.45) is 0 Å². The van der Waals surface area contributed by atoms with Gasteiger partial charge in [-0.05, 0) is 37.5 Å². The van der Waals surface area contributed by atoms with Crippen LogP contribution >= 0.6 is 0 Å². The fraction of sp³-hybridized carbons (Fsp3) is 0.263. The topological polar surface area (TPSA) is 80.9 Å². The highest BCUT2D eigenvalue weighted by atomic mass is 16.1. The second-order valence-electron chi connectivity index (χ2n) is 6.78. The average Bonchev–Trinajstić information content (AvgIpc) is 3.21. The summed E-state index contributed by atoms with van der Waals surface area (Å²) in [6, 6.07) is 3.91. The molecule has 0 aliphatic rings. The van der Waals surface area contributed by atoms with Crippen LogP contribution in [0.15, 0.2) is 41.7 Å². The second kappa shape index (κ2) is 5.94. The molecule has 0 unspecified atom stereocenters. The molecular weight excluding hydrogens is 328 g/mol. The number of nitrogens with zero attached hydrogens (tertiary/aromatic N) is 5. The zero-order chi connectivity index (χ0) is 18.4. The van der Waals surface area contributed by atoms with E-state index in [0.717, 1.165) is 33.8 Å². The monoisotopic (exact) mass is 348 g/mol. The van der Waals surface area contributed by atoms with Gasteiger partial charge in [-0.1, -0.05) is 13.8 Å². The average molecular weight is 348 g/mol. The summed E-state index contributed by atoms with van der Waals surface area (Å²) in [5, 5.41) is 7.43. The van der Waals surface area contributed by atoms with E-state index in [9.17, 15) is 4.79 Å². The van der Waals surface area contributed by atoms with Crippen molar-refractivity contribution in [1.29, 1.82) is 0 Å². The molecule has 0 aliphatic carbocycles. The lowest BCUT2D eigenvalue weighted by Gasteiger charge is -2.08. The van der Waals surface area contributed by atoms with Crippen molar-refractivity contribution in [1.82, 2.24) is 29.4 Å². The molecule has 132 valence electrons. The number of hydrogen-bond acceptors (Lipinski definition) is 4. The molecule has 4 heterocycles. The molecule has 0 aliphatic heterocycles. The number of aryl methyl sites for hydroxylation is 2. The van der Waals surface area contributed by atoms with Gasteiger partial charge in [-0.3, -0.25) is 9.89 Å². The molecule has 0 saturated heterocycles. The smallest absolute Gasteiger partial charge is 0.276 e. The molecule has 0 aromatic carbocycles. The van der Waals surface area contributed by atoms with E-state index in [4.69, 9.17) is 0 Å². The Morgan fingerprint density at radius 1 is 1.23 bits per heavy atom. The van der Waals surface area contributed by atoms with Crippen molar-refractivity contribution in [3.63, 3.8) is 0 Å². The van der Waals surface area contributed by atoms with Gasteiger partial charge in [-0.15, -0.1) is 0 Å². The number of H-pyrrole nitrogens is 1. The van der Waals surface area contributed by atoms with Gasteiger partial charge in [0.15, 0.2) is 11.5 Å². The van der Waals surface area contributed by atoms with E-state index in [-0.39, 0.29) is 11.5 Å². The van der Waals surface area contributed by atoms with Crippen LogP contribution in [0.5, 0.6) is 0 Å². The molecule has 7 nitrogen and oxygen atoms in total. The molecule has 0 amide bonds. The third-order valence-corrected chi connectivity index (χ3v) is 4.49. The van der Waals surface area contributed by atoms with Gasteiger partial charge < -0.3 is 0 Å². The van der Waals surface area contributed by atoms with Gasteiger partial charge in [0.1, 0.15) is 0 Å². The van der Waals surface area contributed by atoms with Crippen LogP contribution in [0.3, 0.4) is 0 Å². The number of nitrogens with one attached hydrogen (secondary N) is 1. The summed E-state index contributed by atoms with van der Waals surface area (Å²) in [4.78, 5) is 21.8. The van der Waals surface area contributed by atoms with Gasteiger partial charge in [0.25, 0.3) is 5.56 Å². The molecule has 4 aromatic rings. The zero-order valence-electron chi connectivity index (χ0n) is 15.2. The van der Waals surface area contributed by atoms with Crippen LogP contribution in [0.25, 0.3) is 22.6 Å². The fourth-order valence-corrected chi connectivity index (χ4v) is 3.24. The van der Waals surface area contributed by atoms with Crippen LogP contribution in [0, 0.1) is 13.8 Å². The molecule has 4 rings (SSSR count). The molecule has 0 radical (unpaired) electrons. The highest BCUT2D eigenvalue weighted by molar-refractivity contribution is 5.76. The maximum atomic E-state index is 12.8. The Labute approximate surface area is 150 Å². The Hall–Kier alpha value is -3.22. The summed E-state index contributed by atoms with van der Waals surface area (Å²) in [6.45, 7) is 7.90. The van der Waals surface area contributed by atoms with Crippen LogP contribution in [0.1, 0.15) is 36.6 Å². The lowest BCUT2D eigenvalue weighted by Crippen LogP contribution is -2.22. The zero-order valence-corrected chi connectivity index (χ0v) is 15.2. The van der Waals surface area contributed by atoms with E-state index in [0.29, 0.717) is 5.65 Å². The minimum absolute atomic E-state index is 0.0542. The summed E-state index contributed by atoms with van der Waals surface area (Å²) in [7, 11) is 0. The first-order chi connectivity index (χ1) is 12.5. The summed E-state index contributed by atoms with van der Waals surface area (Å²) in [5.74, 6) is 0.869. The molecular formula is C19H20N6O. The Morgan fingerprint density at radius 2 is 2.04 bits per heavy atom. The quantitative estimate of drug-likeness (QED) is 0.617. The van der Waals surface area contributed by atoms with Crippen LogP contribution < -0.4 is 5.56 Å². The van der Waals surface area contributed by atoms with E-state index in [2.05, 4.69) is 20.2 Å².